The molecule has 0 unspecified atom stereocenters. The van der Waals surface area contributed by atoms with Gasteiger partial charge in [-0.2, -0.15) is 4.98 Å². The van der Waals surface area contributed by atoms with Gasteiger partial charge >= 0.3 is 6.01 Å². The van der Waals surface area contributed by atoms with E-state index in [9.17, 15) is 0 Å². The molecule has 2 heterocycles. The molecule has 15 heavy (non-hydrogen) atoms. The fraction of sp³-hybridized carbons (Fsp3) is 0.300. The Bertz CT molecular complexity index is 452. The predicted octanol–water partition coefficient (Wildman–Crippen LogP) is 1.87. The van der Waals surface area contributed by atoms with Crippen molar-refractivity contribution in [2.24, 2.45) is 0 Å². The van der Waals surface area contributed by atoms with Gasteiger partial charge < -0.3 is 9.84 Å². The summed E-state index contributed by atoms with van der Waals surface area (Å²) in [5, 5.41) is 6.80. The molecule has 0 aliphatic carbocycles. The van der Waals surface area contributed by atoms with Crippen LogP contribution in [0.5, 0.6) is 0 Å². The largest absolute Gasteiger partial charge is 0.338 e. The van der Waals surface area contributed by atoms with Crippen LogP contribution in [0.1, 0.15) is 12.5 Å². The lowest BCUT2D eigenvalue weighted by atomic mass is 10.2. The molecule has 0 saturated heterocycles. The Balaban J connectivity index is 2.33. The van der Waals surface area contributed by atoms with Gasteiger partial charge in [-0.15, -0.1) is 0 Å². The molecule has 5 heteroatoms. The van der Waals surface area contributed by atoms with Crippen LogP contribution >= 0.6 is 0 Å². The third kappa shape index (κ3) is 1.96. The maximum Gasteiger partial charge on any atom is 0.321 e. The van der Waals surface area contributed by atoms with Crippen LogP contribution in [0.15, 0.2) is 22.9 Å². The first-order chi connectivity index (χ1) is 7.31. The van der Waals surface area contributed by atoms with Gasteiger partial charge in [0.25, 0.3) is 0 Å². The minimum Gasteiger partial charge on any atom is -0.338 e. The molecule has 0 bridgehead atoms. The van der Waals surface area contributed by atoms with Crippen LogP contribution in [0.3, 0.4) is 0 Å². The van der Waals surface area contributed by atoms with E-state index in [0.717, 1.165) is 17.8 Å². The lowest BCUT2D eigenvalue weighted by Crippen LogP contribution is -1.96. The Labute approximate surface area is 87.5 Å². The minimum atomic E-state index is 0.428. The average Bonchev–Trinajstić information content (AvgIpc) is 2.68. The van der Waals surface area contributed by atoms with Crippen LogP contribution in [0, 0.1) is 6.92 Å². The molecule has 78 valence electrons. The molecular formula is C10H12N4O. The molecule has 0 aliphatic rings. The summed E-state index contributed by atoms with van der Waals surface area (Å²) in [6.45, 7) is 4.68. The maximum atomic E-state index is 5.00. The Morgan fingerprint density at radius 2 is 2.33 bits per heavy atom. The van der Waals surface area contributed by atoms with E-state index in [-0.39, 0.29) is 0 Å². The third-order valence-electron chi connectivity index (χ3n) is 1.98. The summed E-state index contributed by atoms with van der Waals surface area (Å²) in [6, 6.07) is 4.27. The zero-order valence-electron chi connectivity index (χ0n) is 8.69. The fourth-order valence-electron chi connectivity index (χ4n) is 1.26. The van der Waals surface area contributed by atoms with E-state index in [1.807, 2.05) is 26.0 Å². The number of anilines is 1. The lowest BCUT2D eigenvalue weighted by molar-refractivity contribution is 0.432. The molecule has 0 fully saturated rings. The van der Waals surface area contributed by atoms with E-state index < -0.39 is 0 Å². The minimum absolute atomic E-state index is 0.428. The molecular weight excluding hydrogens is 192 g/mol. The zero-order valence-corrected chi connectivity index (χ0v) is 8.69. The molecule has 0 aliphatic heterocycles. The normalized spacial score (nSPS) is 10.3. The number of aryl methyl sites for hydroxylation is 1. The number of nitrogens with one attached hydrogen (secondary N) is 1. The van der Waals surface area contributed by atoms with Crippen molar-refractivity contribution in [2.45, 2.75) is 13.8 Å². The molecule has 2 rings (SSSR count). The topological polar surface area (TPSA) is 63.8 Å². The zero-order chi connectivity index (χ0) is 10.7. The van der Waals surface area contributed by atoms with Gasteiger partial charge in [-0.1, -0.05) is 11.2 Å². The molecule has 0 saturated carbocycles. The predicted molar refractivity (Wildman–Crippen MR) is 56.4 cm³/mol. The number of pyridine rings is 1. The van der Waals surface area contributed by atoms with Crippen LogP contribution in [0.4, 0.5) is 6.01 Å². The molecule has 0 amide bonds. The molecule has 2 aromatic heterocycles. The van der Waals surface area contributed by atoms with E-state index >= 15 is 0 Å². The van der Waals surface area contributed by atoms with Crippen molar-refractivity contribution in [1.29, 1.82) is 0 Å². The average molecular weight is 204 g/mol. The van der Waals surface area contributed by atoms with Crippen molar-refractivity contribution in [3.63, 3.8) is 0 Å². The van der Waals surface area contributed by atoms with Gasteiger partial charge in [0.15, 0.2) is 0 Å². The molecule has 5 nitrogen and oxygen atoms in total. The molecule has 0 atom stereocenters. The highest BCUT2D eigenvalue weighted by Crippen LogP contribution is 2.18. The fourth-order valence-corrected chi connectivity index (χ4v) is 1.26. The van der Waals surface area contributed by atoms with Crippen molar-refractivity contribution < 1.29 is 4.52 Å². The van der Waals surface area contributed by atoms with Crippen LogP contribution in [0.25, 0.3) is 11.5 Å². The number of aromatic nitrogens is 3. The van der Waals surface area contributed by atoms with Crippen LogP contribution in [-0.4, -0.2) is 21.7 Å². The smallest absolute Gasteiger partial charge is 0.321 e. The highest BCUT2D eigenvalue weighted by Gasteiger charge is 2.10. The quantitative estimate of drug-likeness (QED) is 0.826. The van der Waals surface area contributed by atoms with Crippen LogP contribution < -0.4 is 5.32 Å². The van der Waals surface area contributed by atoms with Crippen LogP contribution in [0.2, 0.25) is 0 Å². The van der Waals surface area contributed by atoms with E-state index in [1.165, 1.54) is 0 Å². The highest BCUT2D eigenvalue weighted by atomic mass is 16.5. The molecule has 1 N–H and O–H groups in total. The summed E-state index contributed by atoms with van der Waals surface area (Å²) in [5.74, 6) is 0.518. The first kappa shape index (κ1) is 9.64. The number of rotatable bonds is 3. The summed E-state index contributed by atoms with van der Waals surface area (Å²) >= 11 is 0. The second-order valence-electron chi connectivity index (χ2n) is 3.12. The summed E-state index contributed by atoms with van der Waals surface area (Å²) < 4.78 is 5.00. The van der Waals surface area contributed by atoms with Gasteiger partial charge in [0.2, 0.25) is 5.82 Å². The van der Waals surface area contributed by atoms with Crippen molar-refractivity contribution >= 4 is 6.01 Å². The second kappa shape index (κ2) is 4.08. The van der Waals surface area contributed by atoms with E-state index in [4.69, 9.17) is 4.52 Å². The number of hydrogen-bond acceptors (Lipinski definition) is 5. The van der Waals surface area contributed by atoms with Gasteiger partial charge in [-0.25, -0.2) is 0 Å². The van der Waals surface area contributed by atoms with E-state index in [1.54, 1.807) is 6.20 Å². The van der Waals surface area contributed by atoms with E-state index in [0.29, 0.717) is 11.8 Å². The van der Waals surface area contributed by atoms with Crippen molar-refractivity contribution in [2.75, 3.05) is 11.9 Å². The van der Waals surface area contributed by atoms with Crippen molar-refractivity contribution in [3.8, 4) is 11.5 Å². The Kier molecular flexibility index (Phi) is 2.62. The summed E-state index contributed by atoms with van der Waals surface area (Å²) in [6.07, 6.45) is 1.71. The van der Waals surface area contributed by atoms with Gasteiger partial charge in [-0.05, 0) is 25.5 Å². The Morgan fingerprint density at radius 1 is 1.47 bits per heavy atom. The maximum absolute atomic E-state index is 5.00. The van der Waals surface area contributed by atoms with Gasteiger partial charge in [-0.3, -0.25) is 4.98 Å². The van der Waals surface area contributed by atoms with Gasteiger partial charge in [0.05, 0.1) is 0 Å². The van der Waals surface area contributed by atoms with Crippen molar-refractivity contribution in [1.82, 2.24) is 15.1 Å². The van der Waals surface area contributed by atoms with Crippen molar-refractivity contribution in [3.05, 3.63) is 23.9 Å². The molecule has 2 aromatic rings. The summed E-state index contributed by atoms with van der Waals surface area (Å²) in [7, 11) is 0. The Morgan fingerprint density at radius 3 is 3.07 bits per heavy atom. The lowest BCUT2D eigenvalue weighted by Gasteiger charge is -1.96. The molecule has 0 radical (unpaired) electrons. The monoisotopic (exact) mass is 204 g/mol. The second-order valence-corrected chi connectivity index (χ2v) is 3.12. The summed E-state index contributed by atoms with van der Waals surface area (Å²) in [5.41, 5.74) is 1.78. The standard InChI is InChI=1S/C10H12N4O/c1-3-11-10-13-9(14-15-10)8-7(2)5-4-6-12-8/h4-6H,3H2,1-2H3,(H,11,13,14). The van der Waals surface area contributed by atoms with E-state index in [2.05, 4.69) is 20.4 Å². The molecule has 0 aromatic carbocycles. The first-order valence-electron chi connectivity index (χ1n) is 4.81. The van der Waals surface area contributed by atoms with Gasteiger partial charge in [0.1, 0.15) is 5.69 Å². The molecule has 0 spiro atoms. The summed E-state index contributed by atoms with van der Waals surface area (Å²) in [4.78, 5) is 8.39. The first-order valence-corrected chi connectivity index (χ1v) is 4.81. The number of hydrogen-bond donors (Lipinski definition) is 1. The number of nitrogens with zero attached hydrogens (tertiary/aromatic N) is 3. The van der Waals surface area contributed by atoms with Gasteiger partial charge in [0, 0.05) is 12.7 Å². The highest BCUT2D eigenvalue weighted by molar-refractivity contribution is 5.54. The third-order valence-corrected chi connectivity index (χ3v) is 1.98. The SMILES string of the molecule is CCNc1nc(-c2ncccc2C)no1. The van der Waals surface area contributed by atoms with Crippen LogP contribution in [-0.2, 0) is 0 Å². The Hall–Kier alpha value is -1.91.